The van der Waals surface area contributed by atoms with Crippen molar-refractivity contribution in [3.63, 3.8) is 0 Å². The lowest BCUT2D eigenvalue weighted by Gasteiger charge is -2.41. The van der Waals surface area contributed by atoms with Gasteiger partial charge in [0.05, 0.1) is 38.5 Å². The number of aromatic nitrogens is 5. The number of fused-ring (bicyclic) bond motifs is 2. The molecule has 75 heavy (non-hydrogen) atoms. The van der Waals surface area contributed by atoms with Gasteiger partial charge in [-0.3, -0.25) is 14.5 Å². The number of aliphatic hydroxyl groups excluding tert-OH is 10. The summed E-state index contributed by atoms with van der Waals surface area (Å²) < 4.78 is 67.4. The molecule has 2 amide bonds. The van der Waals surface area contributed by atoms with E-state index in [1.165, 1.54) is 0 Å². The van der Waals surface area contributed by atoms with Gasteiger partial charge >= 0.3 is 18.3 Å². The van der Waals surface area contributed by atoms with Crippen molar-refractivity contribution in [1.29, 1.82) is 0 Å². The monoisotopic (exact) mass is 1090 g/mol. The minimum absolute atomic E-state index is 0.00690. The number of amides is 2. The maximum Gasteiger partial charge on any atom is 0.490 e. The summed E-state index contributed by atoms with van der Waals surface area (Å²) in [6, 6.07) is 6.81. The van der Waals surface area contributed by atoms with Crippen molar-refractivity contribution >= 4 is 51.8 Å². The third kappa shape index (κ3) is 17.6. The molecule has 4 heterocycles. The normalized spacial score (nSPS) is 16.9. The highest BCUT2D eigenvalue weighted by Gasteiger charge is 2.39. The number of hydrogen-bond donors (Lipinski definition) is 15. The van der Waals surface area contributed by atoms with Crippen molar-refractivity contribution in [2.24, 2.45) is 0 Å². The minimum Gasteiger partial charge on any atom is -0.542 e. The molecule has 1 fully saturated rings. The Hall–Kier alpha value is -5.91. The first-order valence-corrected chi connectivity index (χ1v) is 22.9. The van der Waals surface area contributed by atoms with Crippen LogP contribution in [-0.4, -0.2) is 229 Å². The van der Waals surface area contributed by atoms with Crippen LogP contribution in [0.1, 0.15) is 53.4 Å². The van der Waals surface area contributed by atoms with E-state index < -0.39 is 92.2 Å². The lowest BCUT2D eigenvalue weighted by Crippen LogP contribution is -2.56. The number of nitrogens with one attached hydrogen (secondary N) is 3. The smallest absolute Gasteiger partial charge is 0.490 e. The largest absolute Gasteiger partial charge is 0.542 e. The van der Waals surface area contributed by atoms with E-state index in [2.05, 4.69) is 35.1 Å². The van der Waals surface area contributed by atoms with E-state index in [-0.39, 0.29) is 43.1 Å². The number of aliphatic hydroxyl groups is 10. The van der Waals surface area contributed by atoms with Crippen molar-refractivity contribution in [2.75, 3.05) is 58.2 Å². The average molecular weight is 1090 g/mol. The highest BCUT2D eigenvalue weighted by Crippen LogP contribution is 2.22. The molecule has 422 valence electrons. The number of nitrogens with two attached hydrogens (primary N) is 1. The number of carbonyl (C=O) groups excluding carboxylic acids is 3. The summed E-state index contributed by atoms with van der Waals surface area (Å²) in [4.78, 5) is 59.5. The molecule has 0 unspecified atom stereocenters. The van der Waals surface area contributed by atoms with Crippen LogP contribution in [0.5, 0.6) is 0 Å². The van der Waals surface area contributed by atoms with Gasteiger partial charge in [-0.15, -0.1) is 0 Å². The summed E-state index contributed by atoms with van der Waals surface area (Å²) in [6.07, 6.45) is -21.9. The number of imidazole rings is 1. The van der Waals surface area contributed by atoms with Crippen LogP contribution >= 0.6 is 0 Å². The van der Waals surface area contributed by atoms with Gasteiger partial charge in [-0.2, -0.15) is 26.3 Å². The van der Waals surface area contributed by atoms with Gasteiger partial charge in [-0.05, 0) is 58.0 Å². The van der Waals surface area contributed by atoms with Crippen molar-refractivity contribution in [3.05, 3.63) is 47.5 Å². The molecule has 0 aliphatic carbocycles. The SMILES string of the molecule is CCn1c(CNC(=O)c2nc3cc[nH]c3nc2N)[n+](CC)c2ccc(C(=O)NCCN3CCC(N(C[C@H](O)[C@@H](O)[C@H](O)[C@H](O)CO)C[C@H](O)[C@@H](O)[C@H](O)[C@H](O)CO)CC3)cc21.O=C(O)C(F)(F)F.O=C([O-])C(F)(F)F. The second kappa shape index (κ2) is 28.3. The van der Waals surface area contributed by atoms with Gasteiger partial charge in [-0.1, -0.05) is 0 Å². The molecule has 26 nitrogen and oxygen atoms in total. The van der Waals surface area contributed by atoms with Gasteiger partial charge in [0.2, 0.25) is 0 Å². The van der Waals surface area contributed by atoms with Crippen molar-refractivity contribution in [2.45, 2.75) is 114 Å². The summed E-state index contributed by atoms with van der Waals surface area (Å²) in [7, 11) is 0. The first-order valence-electron chi connectivity index (χ1n) is 22.9. The summed E-state index contributed by atoms with van der Waals surface area (Å²) in [6.45, 7) is 4.76. The lowest BCUT2D eigenvalue weighted by atomic mass is 9.97. The zero-order valence-electron chi connectivity index (χ0n) is 40.3. The van der Waals surface area contributed by atoms with Crippen LogP contribution in [0.25, 0.3) is 22.2 Å². The van der Waals surface area contributed by atoms with Crippen LogP contribution in [0.3, 0.4) is 0 Å². The number of nitrogens with zero attached hydrogens (tertiary/aromatic N) is 6. The fraction of sp³-hybridized carbons (Fsp3) is 0.605. The maximum atomic E-state index is 13.4. The Morgan fingerprint density at radius 3 is 1.81 bits per heavy atom. The number of H-pyrrole nitrogens is 1. The van der Waals surface area contributed by atoms with E-state index in [9.17, 15) is 76.8 Å². The molecule has 0 radical (unpaired) electrons. The molecule has 16 N–H and O–H groups in total. The average Bonchev–Trinajstić information content (AvgIpc) is 3.96. The van der Waals surface area contributed by atoms with Gasteiger partial charge in [0.25, 0.3) is 17.6 Å². The summed E-state index contributed by atoms with van der Waals surface area (Å²) in [5, 5.41) is 122. The molecule has 4 aromatic rings. The van der Waals surface area contributed by atoms with Crippen LogP contribution < -0.4 is 26.0 Å². The maximum absolute atomic E-state index is 13.4. The highest BCUT2D eigenvalue weighted by molar-refractivity contribution is 5.98. The number of carboxylic acid groups (broad SMARTS) is 2. The molecule has 3 aromatic heterocycles. The Bertz CT molecular complexity index is 2440. The quantitative estimate of drug-likeness (QED) is 0.0259. The fourth-order valence-electron chi connectivity index (χ4n) is 7.86. The molecule has 32 heteroatoms. The predicted molar refractivity (Wildman–Crippen MR) is 243 cm³/mol. The van der Waals surface area contributed by atoms with Gasteiger partial charge < -0.3 is 92.3 Å². The van der Waals surface area contributed by atoms with Crippen molar-refractivity contribution in [1.82, 2.24) is 40.0 Å². The zero-order valence-corrected chi connectivity index (χ0v) is 40.3. The molecule has 0 spiro atoms. The minimum atomic E-state index is -5.19. The molecule has 0 bridgehead atoms. The Morgan fingerprint density at radius 1 is 0.827 bits per heavy atom. The first kappa shape index (κ1) is 63.4. The second-order valence-electron chi connectivity index (χ2n) is 16.9. The molecule has 8 atom stereocenters. The van der Waals surface area contributed by atoms with E-state index in [0.29, 0.717) is 68.8 Å². The number of anilines is 1. The Morgan fingerprint density at radius 2 is 1.35 bits per heavy atom. The van der Waals surface area contributed by atoms with Crippen LogP contribution in [0.4, 0.5) is 32.2 Å². The van der Waals surface area contributed by atoms with Crippen LogP contribution in [0.2, 0.25) is 0 Å². The molecule has 1 aromatic carbocycles. The number of hydrogen-bond acceptors (Lipinski definition) is 20. The first-order chi connectivity index (χ1) is 35.0. The van der Waals surface area contributed by atoms with Gasteiger partial charge in [0, 0.05) is 50.0 Å². The molecule has 1 aliphatic rings. The molecule has 1 aliphatic heterocycles. The van der Waals surface area contributed by atoms with E-state index in [4.69, 9.17) is 35.7 Å². The topological polar surface area (TPSA) is 421 Å². The molecule has 1 saturated heterocycles. The second-order valence-corrected chi connectivity index (χ2v) is 16.9. The fourth-order valence-corrected chi connectivity index (χ4v) is 7.86. The number of halogens is 6. The number of likely N-dealkylation sites (tertiary alicyclic amines) is 1. The number of carboxylic acids is 2. The van der Waals surface area contributed by atoms with Crippen LogP contribution in [0.15, 0.2) is 30.5 Å². The molecular formula is C43H62F6N10O16. The number of benzene rings is 1. The molecule has 5 rings (SSSR count). The van der Waals surface area contributed by atoms with E-state index >= 15 is 0 Å². The third-order valence-corrected chi connectivity index (χ3v) is 11.9. The van der Waals surface area contributed by atoms with Gasteiger partial charge in [0.15, 0.2) is 28.2 Å². The van der Waals surface area contributed by atoms with Crippen molar-refractivity contribution < 1.29 is 111 Å². The van der Waals surface area contributed by atoms with E-state index in [1.807, 2.05) is 30.5 Å². The number of aliphatic carboxylic acids is 2. The number of aromatic amines is 1. The predicted octanol–water partition coefficient (Wildman–Crippen LogP) is -4.95. The number of rotatable bonds is 22. The van der Waals surface area contributed by atoms with Gasteiger partial charge in [-0.25, -0.2) is 23.9 Å². The number of alkyl halides is 6. The summed E-state index contributed by atoms with van der Waals surface area (Å²) in [5.74, 6) is -5.69. The summed E-state index contributed by atoms with van der Waals surface area (Å²) in [5.41, 5.74) is 9.21. The molecule has 0 saturated carbocycles. The van der Waals surface area contributed by atoms with Crippen LogP contribution in [0, 0.1) is 0 Å². The Labute approximate surface area is 421 Å². The van der Waals surface area contributed by atoms with Crippen LogP contribution in [-0.2, 0) is 29.2 Å². The Balaban J connectivity index is 0.000000928. The lowest BCUT2D eigenvalue weighted by molar-refractivity contribution is -0.676. The number of nitrogen functional groups attached to an aromatic ring is 1. The Kier molecular flexibility index (Phi) is 23.9. The zero-order chi connectivity index (χ0) is 56.7. The standard InChI is InChI=1S/C39H60N10O12.2C2HF3O2/c1-3-48-24-6-5-21(15-25(24)49(4-2)30(48)16-43-39(61)31-36(40)45-37-23(44-31)7-10-41-37)38(60)42-11-14-46-12-8-22(9-13-46)47(17-26(52)32(56)34(58)28(54)19-50)18-27(53)33(57)35(59)29(55)20-51;2*3-2(4,5)1(6)7/h5-7,10,15,22,26-29,32-35,50-59H,3-4,8-9,11-14,16-20H2,1-2H3,(H4-,40,41,42,43,44,45,60,61);2*(H,6,7)/t26-,27-,28+,29+,32+,33+,34+,35+;;/m0../s1. The highest BCUT2D eigenvalue weighted by atomic mass is 19.4. The number of carbonyl (C=O) groups is 4. The van der Waals surface area contributed by atoms with E-state index in [1.54, 1.807) is 23.2 Å². The third-order valence-electron chi connectivity index (χ3n) is 11.9. The number of aryl methyl sites for hydroxylation is 2. The van der Waals surface area contributed by atoms with E-state index in [0.717, 1.165) is 16.9 Å². The summed E-state index contributed by atoms with van der Waals surface area (Å²) >= 11 is 0. The van der Waals surface area contributed by atoms with Gasteiger partial charge in [0.1, 0.15) is 54.7 Å². The number of piperidine rings is 1. The molecular weight excluding hydrogens is 1030 g/mol. The van der Waals surface area contributed by atoms with Crippen molar-refractivity contribution in [3.8, 4) is 0 Å².